The molecule has 0 unspecified atom stereocenters. The Morgan fingerprint density at radius 1 is 1.27 bits per heavy atom. The van der Waals surface area contributed by atoms with Crippen LogP contribution in [-0.2, 0) is 11.0 Å². The zero-order valence-corrected chi connectivity index (χ0v) is 7.21. The highest BCUT2D eigenvalue weighted by Crippen LogP contribution is 2.30. The van der Waals surface area contributed by atoms with Crippen molar-refractivity contribution in [2.75, 3.05) is 0 Å². The number of rotatable bonds is 1. The van der Waals surface area contributed by atoms with E-state index in [-0.39, 0.29) is 5.75 Å². The highest BCUT2D eigenvalue weighted by Gasteiger charge is 2.30. The Labute approximate surface area is 82.7 Å². The van der Waals surface area contributed by atoms with Gasteiger partial charge in [0.25, 0.3) is 0 Å². The molecule has 0 saturated carbocycles. The number of hydrogen-bond donors (Lipinski definition) is 0. The molecule has 1 aromatic carbocycles. The lowest BCUT2D eigenvalue weighted by atomic mass is 10.2. The zero-order chi connectivity index (χ0) is 11.5. The number of nitrogens with zero attached hydrogens (tertiary/aromatic N) is 1. The number of esters is 1. The topological polar surface area (TPSA) is 50.1 Å². The van der Waals surface area contributed by atoms with Gasteiger partial charge in [-0.2, -0.15) is 18.4 Å². The van der Waals surface area contributed by atoms with Gasteiger partial charge in [-0.1, -0.05) is 0 Å². The second-order valence-corrected chi connectivity index (χ2v) is 2.52. The summed E-state index contributed by atoms with van der Waals surface area (Å²) >= 11 is 0. The van der Waals surface area contributed by atoms with Gasteiger partial charge in [0.1, 0.15) is 5.75 Å². The third-order valence-corrected chi connectivity index (χ3v) is 1.48. The van der Waals surface area contributed by atoms with Gasteiger partial charge in [-0.3, -0.25) is 0 Å². The normalized spacial score (nSPS) is 10.5. The molecule has 0 aromatic heterocycles. The third kappa shape index (κ3) is 2.98. The fourth-order valence-electron chi connectivity index (χ4n) is 0.842. The van der Waals surface area contributed by atoms with E-state index in [1.165, 1.54) is 6.07 Å². The van der Waals surface area contributed by atoms with Gasteiger partial charge in [0.15, 0.2) is 6.07 Å². The second kappa shape index (κ2) is 4.00. The minimum Gasteiger partial charge on any atom is -0.415 e. The first-order valence-electron chi connectivity index (χ1n) is 3.72. The van der Waals surface area contributed by atoms with Gasteiger partial charge in [-0.25, -0.2) is 4.79 Å². The lowest BCUT2D eigenvalue weighted by molar-refractivity contribution is -0.137. The number of hydrogen-bond acceptors (Lipinski definition) is 3. The first kappa shape index (κ1) is 11.0. The van der Waals surface area contributed by atoms with Gasteiger partial charge < -0.3 is 4.74 Å². The van der Waals surface area contributed by atoms with Gasteiger partial charge in [0.05, 0.1) is 5.56 Å². The van der Waals surface area contributed by atoms with Crippen molar-refractivity contribution in [3.05, 3.63) is 29.8 Å². The summed E-state index contributed by atoms with van der Waals surface area (Å²) in [6, 6.07) is 4.64. The van der Waals surface area contributed by atoms with Gasteiger partial charge >= 0.3 is 12.1 Å². The van der Waals surface area contributed by atoms with Gasteiger partial charge in [0.2, 0.25) is 0 Å². The number of benzene rings is 1. The molecule has 1 aromatic rings. The molecule has 0 radical (unpaired) electrons. The van der Waals surface area contributed by atoms with Crippen molar-refractivity contribution in [1.82, 2.24) is 0 Å². The zero-order valence-electron chi connectivity index (χ0n) is 7.21. The quantitative estimate of drug-likeness (QED) is 0.409. The SMILES string of the molecule is N#CC(=O)Oc1ccc(C(F)(F)F)cc1. The lowest BCUT2D eigenvalue weighted by Crippen LogP contribution is -2.06. The van der Waals surface area contributed by atoms with Crippen molar-refractivity contribution in [2.45, 2.75) is 6.18 Å². The average Bonchev–Trinajstić information content (AvgIpc) is 2.17. The van der Waals surface area contributed by atoms with Crippen LogP contribution in [0.2, 0.25) is 0 Å². The van der Waals surface area contributed by atoms with E-state index in [4.69, 9.17) is 5.26 Å². The molecule has 0 heterocycles. The lowest BCUT2D eigenvalue weighted by Gasteiger charge is -2.06. The van der Waals surface area contributed by atoms with E-state index in [0.29, 0.717) is 0 Å². The average molecular weight is 215 g/mol. The summed E-state index contributed by atoms with van der Waals surface area (Å²) < 4.78 is 40.6. The summed E-state index contributed by atoms with van der Waals surface area (Å²) in [7, 11) is 0. The summed E-state index contributed by atoms with van der Waals surface area (Å²) in [6.45, 7) is 0. The number of carbonyl (C=O) groups is 1. The Balaban J connectivity index is 2.83. The minimum absolute atomic E-state index is 0.102. The van der Waals surface area contributed by atoms with Gasteiger partial charge in [-0.15, -0.1) is 0 Å². The van der Waals surface area contributed by atoms with E-state index in [2.05, 4.69) is 4.74 Å². The molecule has 3 nitrogen and oxygen atoms in total. The van der Waals surface area contributed by atoms with Crippen LogP contribution in [0.1, 0.15) is 5.56 Å². The highest BCUT2D eigenvalue weighted by atomic mass is 19.4. The van der Waals surface area contributed by atoms with Crippen molar-refractivity contribution in [3.63, 3.8) is 0 Å². The number of nitriles is 1. The predicted molar refractivity (Wildman–Crippen MR) is 42.7 cm³/mol. The predicted octanol–water partition coefficient (Wildman–Crippen LogP) is 2.13. The molecule has 6 heteroatoms. The molecule has 0 amide bonds. The molecule has 1 rings (SSSR count). The fraction of sp³-hybridized carbons (Fsp3) is 0.111. The summed E-state index contributed by atoms with van der Waals surface area (Å²) in [5, 5.41) is 8.08. The first-order chi connectivity index (χ1) is 6.93. The summed E-state index contributed by atoms with van der Waals surface area (Å²) in [4.78, 5) is 10.5. The van der Waals surface area contributed by atoms with Crippen molar-refractivity contribution in [2.24, 2.45) is 0 Å². The molecule has 0 bridgehead atoms. The largest absolute Gasteiger partial charge is 0.416 e. The number of carbonyl (C=O) groups excluding carboxylic acids is 1. The molecule has 0 spiro atoms. The summed E-state index contributed by atoms with van der Waals surface area (Å²) in [5.74, 6) is -1.27. The van der Waals surface area contributed by atoms with Crippen LogP contribution in [0.3, 0.4) is 0 Å². The van der Waals surface area contributed by atoms with Crippen LogP contribution in [0.15, 0.2) is 24.3 Å². The number of halogens is 3. The van der Waals surface area contributed by atoms with Crippen LogP contribution in [0.25, 0.3) is 0 Å². The van der Waals surface area contributed by atoms with Crippen LogP contribution < -0.4 is 4.74 Å². The van der Waals surface area contributed by atoms with E-state index in [1.807, 2.05) is 0 Å². The molecular formula is C9H4F3NO2. The monoisotopic (exact) mass is 215 g/mol. The number of ether oxygens (including phenoxy) is 1. The molecule has 0 atom stereocenters. The molecular weight excluding hydrogens is 211 g/mol. The smallest absolute Gasteiger partial charge is 0.415 e. The van der Waals surface area contributed by atoms with Crippen LogP contribution in [-0.4, -0.2) is 5.97 Å². The molecule has 0 N–H and O–H groups in total. The fourth-order valence-corrected chi connectivity index (χ4v) is 0.842. The minimum atomic E-state index is -4.43. The van der Waals surface area contributed by atoms with Crippen LogP contribution in [0.5, 0.6) is 5.75 Å². The Hall–Kier alpha value is -2.03. The summed E-state index contributed by atoms with van der Waals surface area (Å²) in [6.07, 6.45) is -4.43. The molecule has 15 heavy (non-hydrogen) atoms. The van der Waals surface area contributed by atoms with E-state index in [0.717, 1.165) is 24.3 Å². The molecule has 0 aliphatic heterocycles. The third-order valence-electron chi connectivity index (χ3n) is 1.48. The van der Waals surface area contributed by atoms with Crippen LogP contribution >= 0.6 is 0 Å². The Morgan fingerprint density at radius 2 is 1.80 bits per heavy atom. The molecule has 0 fully saturated rings. The standard InChI is InChI=1S/C9H4F3NO2/c10-9(11,12)6-1-3-7(4-2-6)15-8(14)5-13/h1-4H. The Bertz CT molecular complexity index is 403. The van der Waals surface area contributed by atoms with Crippen molar-refractivity contribution in [1.29, 1.82) is 5.26 Å². The second-order valence-electron chi connectivity index (χ2n) is 2.52. The van der Waals surface area contributed by atoms with E-state index in [1.54, 1.807) is 0 Å². The van der Waals surface area contributed by atoms with Crippen LogP contribution in [0.4, 0.5) is 13.2 Å². The molecule has 78 valence electrons. The molecule has 0 saturated heterocycles. The highest BCUT2D eigenvalue weighted by molar-refractivity contribution is 5.87. The van der Waals surface area contributed by atoms with Crippen molar-refractivity contribution in [3.8, 4) is 11.8 Å². The summed E-state index contributed by atoms with van der Waals surface area (Å²) in [5.41, 5.74) is -0.848. The number of alkyl halides is 3. The van der Waals surface area contributed by atoms with Crippen molar-refractivity contribution >= 4 is 5.97 Å². The Morgan fingerprint density at radius 3 is 2.20 bits per heavy atom. The first-order valence-corrected chi connectivity index (χ1v) is 3.72. The Kier molecular flexibility index (Phi) is 2.95. The van der Waals surface area contributed by atoms with E-state index in [9.17, 15) is 18.0 Å². The molecule has 0 aliphatic carbocycles. The van der Waals surface area contributed by atoms with Gasteiger partial charge in [-0.05, 0) is 24.3 Å². The maximum atomic E-state index is 12.1. The maximum Gasteiger partial charge on any atom is 0.416 e. The van der Waals surface area contributed by atoms with E-state index >= 15 is 0 Å². The van der Waals surface area contributed by atoms with E-state index < -0.39 is 17.7 Å². The van der Waals surface area contributed by atoms with Crippen molar-refractivity contribution < 1.29 is 22.7 Å². The van der Waals surface area contributed by atoms with Crippen LogP contribution in [0, 0.1) is 11.3 Å². The molecule has 0 aliphatic rings. The maximum absolute atomic E-state index is 12.1. The van der Waals surface area contributed by atoms with Gasteiger partial charge in [0, 0.05) is 0 Å².